The fourth-order valence-corrected chi connectivity index (χ4v) is 4.06. The quantitative estimate of drug-likeness (QED) is 0.722. The van der Waals surface area contributed by atoms with E-state index < -0.39 is 10.0 Å². The Kier molecular flexibility index (Phi) is 6.28. The second kappa shape index (κ2) is 7.23. The van der Waals surface area contributed by atoms with Crippen molar-refractivity contribution < 1.29 is 8.42 Å². The molecule has 1 aromatic heterocycles. The molecule has 18 heavy (non-hydrogen) atoms. The minimum atomic E-state index is -3.34. The average Bonchev–Trinajstić information content (AvgIpc) is 2.78. The predicted octanol–water partition coefficient (Wildman–Crippen LogP) is 2.32. The van der Waals surface area contributed by atoms with Crippen molar-refractivity contribution >= 4 is 21.4 Å². The fourth-order valence-electron chi connectivity index (χ4n) is 1.39. The van der Waals surface area contributed by atoms with Crippen LogP contribution in [0.2, 0.25) is 0 Å². The molecule has 0 aliphatic carbocycles. The normalized spacial score (nSPS) is 13.7. The van der Waals surface area contributed by atoms with Gasteiger partial charge in [0, 0.05) is 17.5 Å². The number of hydrogen-bond donors (Lipinski definition) is 2. The Bertz CT molecular complexity index is 454. The second-order valence-electron chi connectivity index (χ2n) is 4.33. The van der Waals surface area contributed by atoms with Gasteiger partial charge in [0.05, 0.1) is 0 Å². The Morgan fingerprint density at radius 1 is 1.33 bits per heavy atom. The van der Waals surface area contributed by atoms with Crippen LogP contribution in [-0.4, -0.2) is 21.0 Å². The molecule has 1 rings (SSSR count). The Morgan fingerprint density at radius 3 is 2.67 bits per heavy atom. The SMILES string of the molecule is CCCNCc1ccc(S(=O)(=O)NC(C)CC)s1. The summed E-state index contributed by atoms with van der Waals surface area (Å²) >= 11 is 1.33. The summed E-state index contributed by atoms with van der Waals surface area (Å²) in [5.74, 6) is 0. The van der Waals surface area contributed by atoms with Gasteiger partial charge < -0.3 is 5.32 Å². The van der Waals surface area contributed by atoms with Crippen LogP contribution >= 0.6 is 11.3 Å². The molecule has 0 aromatic carbocycles. The standard InChI is InChI=1S/C12H22N2O2S2/c1-4-8-13-9-11-6-7-12(17-11)18(15,16)14-10(3)5-2/h6-7,10,13-14H,4-5,8-9H2,1-3H3. The lowest BCUT2D eigenvalue weighted by Gasteiger charge is -2.10. The van der Waals surface area contributed by atoms with E-state index in [2.05, 4.69) is 17.0 Å². The molecule has 0 saturated carbocycles. The first-order valence-corrected chi connectivity index (χ1v) is 8.61. The molecule has 1 aromatic rings. The third-order valence-electron chi connectivity index (χ3n) is 2.60. The monoisotopic (exact) mass is 290 g/mol. The van der Waals surface area contributed by atoms with Gasteiger partial charge in [0.2, 0.25) is 10.0 Å². The number of hydrogen-bond acceptors (Lipinski definition) is 4. The summed E-state index contributed by atoms with van der Waals surface area (Å²) in [7, 11) is -3.34. The number of rotatable bonds is 8. The van der Waals surface area contributed by atoms with E-state index in [1.807, 2.05) is 19.9 Å². The predicted molar refractivity (Wildman–Crippen MR) is 76.4 cm³/mol. The highest BCUT2D eigenvalue weighted by atomic mass is 32.2. The zero-order chi connectivity index (χ0) is 13.6. The van der Waals surface area contributed by atoms with Crippen LogP contribution in [0.3, 0.4) is 0 Å². The third kappa shape index (κ3) is 4.68. The van der Waals surface area contributed by atoms with Gasteiger partial charge in [0.15, 0.2) is 0 Å². The van der Waals surface area contributed by atoms with Gasteiger partial charge in [-0.15, -0.1) is 11.3 Å². The number of thiophene rings is 1. The fraction of sp³-hybridized carbons (Fsp3) is 0.667. The lowest BCUT2D eigenvalue weighted by Crippen LogP contribution is -2.31. The topological polar surface area (TPSA) is 58.2 Å². The molecule has 0 radical (unpaired) electrons. The van der Waals surface area contributed by atoms with Crippen molar-refractivity contribution in [3.63, 3.8) is 0 Å². The van der Waals surface area contributed by atoms with Gasteiger partial charge >= 0.3 is 0 Å². The summed E-state index contributed by atoms with van der Waals surface area (Å²) in [6, 6.07) is 3.52. The van der Waals surface area contributed by atoms with E-state index in [-0.39, 0.29) is 6.04 Å². The maximum Gasteiger partial charge on any atom is 0.250 e. The second-order valence-corrected chi connectivity index (χ2v) is 7.44. The van der Waals surface area contributed by atoms with E-state index in [4.69, 9.17) is 0 Å². The van der Waals surface area contributed by atoms with Crippen LogP contribution in [0.1, 0.15) is 38.5 Å². The van der Waals surface area contributed by atoms with Gasteiger partial charge in [-0.2, -0.15) is 0 Å². The molecular formula is C12H22N2O2S2. The Labute approximate surface area is 114 Å². The molecule has 4 nitrogen and oxygen atoms in total. The van der Waals surface area contributed by atoms with E-state index in [0.717, 1.165) is 30.8 Å². The maximum atomic E-state index is 12.0. The zero-order valence-electron chi connectivity index (χ0n) is 11.2. The molecule has 0 fully saturated rings. The van der Waals surface area contributed by atoms with Crippen molar-refractivity contribution in [3.8, 4) is 0 Å². The van der Waals surface area contributed by atoms with Crippen molar-refractivity contribution in [2.45, 2.75) is 50.4 Å². The highest BCUT2D eigenvalue weighted by molar-refractivity contribution is 7.91. The van der Waals surface area contributed by atoms with Crippen LogP contribution in [0, 0.1) is 0 Å². The summed E-state index contributed by atoms with van der Waals surface area (Å²) in [5, 5.41) is 3.26. The zero-order valence-corrected chi connectivity index (χ0v) is 12.8. The van der Waals surface area contributed by atoms with Crippen molar-refractivity contribution in [1.82, 2.24) is 10.0 Å². The van der Waals surface area contributed by atoms with E-state index in [9.17, 15) is 8.42 Å². The first-order valence-electron chi connectivity index (χ1n) is 6.31. The van der Waals surface area contributed by atoms with Crippen LogP contribution < -0.4 is 10.0 Å². The summed E-state index contributed by atoms with van der Waals surface area (Å²) < 4.78 is 27.1. The summed E-state index contributed by atoms with van der Waals surface area (Å²) in [6.45, 7) is 7.62. The molecular weight excluding hydrogens is 268 g/mol. The van der Waals surface area contributed by atoms with Crippen LogP contribution in [0.4, 0.5) is 0 Å². The molecule has 1 unspecified atom stereocenters. The largest absolute Gasteiger partial charge is 0.312 e. The molecule has 0 aliphatic rings. The summed E-state index contributed by atoms with van der Waals surface area (Å²) in [6.07, 6.45) is 1.86. The van der Waals surface area contributed by atoms with Crippen molar-refractivity contribution in [2.24, 2.45) is 0 Å². The molecule has 0 spiro atoms. The molecule has 0 saturated heterocycles. The average molecular weight is 290 g/mol. The lowest BCUT2D eigenvalue weighted by atomic mass is 10.3. The number of nitrogens with one attached hydrogen (secondary N) is 2. The van der Waals surface area contributed by atoms with Crippen LogP contribution in [-0.2, 0) is 16.6 Å². The van der Waals surface area contributed by atoms with Gasteiger partial charge in [-0.1, -0.05) is 13.8 Å². The van der Waals surface area contributed by atoms with Crippen LogP contribution in [0.15, 0.2) is 16.3 Å². The van der Waals surface area contributed by atoms with Gasteiger partial charge in [0.1, 0.15) is 4.21 Å². The highest BCUT2D eigenvalue weighted by Gasteiger charge is 2.18. The third-order valence-corrected chi connectivity index (χ3v) is 5.76. The molecule has 1 atom stereocenters. The van der Waals surface area contributed by atoms with Crippen molar-refractivity contribution in [3.05, 3.63) is 17.0 Å². The van der Waals surface area contributed by atoms with Crippen LogP contribution in [0.25, 0.3) is 0 Å². The lowest BCUT2D eigenvalue weighted by molar-refractivity contribution is 0.558. The molecule has 0 bridgehead atoms. The molecule has 0 amide bonds. The van der Waals surface area contributed by atoms with Gasteiger partial charge in [-0.25, -0.2) is 13.1 Å². The van der Waals surface area contributed by atoms with Crippen molar-refractivity contribution in [2.75, 3.05) is 6.54 Å². The molecule has 1 heterocycles. The highest BCUT2D eigenvalue weighted by Crippen LogP contribution is 2.21. The minimum Gasteiger partial charge on any atom is -0.312 e. The Morgan fingerprint density at radius 2 is 2.06 bits per heavy atom. The van der Waals surface area contributed by atoms with Crippen molar-refractivity contribution in [1.29, 1.82) is 0 Å². The summed E-state index contributed by atoms with van der Waals surface area (Å²) in [4.78, 5) is 1.05. The Balaban J connectivity index is 2.66. The molecule has 6 heteroatoms. The van der Waals surface area contributed by atoms with E-state index in [0.29, 0.717) is 4.21 Å². The summed E-state index contributed by atoms with van der Waals surface area (Å²) in [5.41, 5.74) is 0. The van der Waals surface area contributed by atoms with Gasteiger partial charge in [0.25, 0.3) is 0 Å². The smallest absolute Gasteiger partial charge is 0.250 e. The van der Waals surface area contributed by atoms with E-state index in [1.165, 1.54) is 11.3 Å². The molecule has 0 aliphatic heterocycles. The minimum absolute atomic E-state index is 0.0289. The number of sulfonamides is 1. The molecule has 104 valence electrons. The van der Waals surface area contributed by atoms with E-state index in [1.54, 1.807) is 6.07 Å². The van der Waals surface area contributed by atoms with Gasteiger partial charge in [-0.3, -0.25) is 0 Å². The first kappa shape index (κ1) is 15.6. The Hall–Kier alpha value is -0.430. The first-order chi connectivity index (χ1) is 8.49. The van der Waals surface area contributed by atoms with Crippen LogP contribution in [0.5, 0.6) is 0 Å². The molecule has 2 N–H and O–H groups in total. The van der Waals surface area contributed by atoms with E-state index >= 15 is 0 Å². The van der Waals surface area contributed by atoms with Gasteiger partial charge in [-0.05, 0) is 38.4 Å². The maximum absolute atomic E-state index is 12.0.